The number of pyridine rings is 2. The van der Waals surface area contributed by atoms with E-state index >= 15 is 0 Å². The van der Waals surface area contributed by atoms with Crippen molar-refractivity contribution < 1.29 is 9.13 Å². The summed E-state index contributed by atoms with van der Waals surface area (Å²) in [6, 6.07) is 28.3. The summed E-state index contributed by atoms with van der Waals surface area (Å²) in [5.41, 5.74) is 16.8. The van der Waals surface area contributed by atoms with Crippen LogP contribution in [0.5, 0.6) is 0 Å². The first-order valence-corrected chi connectivity index (χ1v) is 18.8. The second-order valence-corrected chi connectivity index (χ2v) is 16.7. The molecule has 9 rings (SSSR count). The Labute approximate surface area is 289 Å². The van der Waals surface area contributed by atoms with E-state index in [0.717, 1.165) is 25.7 Å². The molecule has 5 heterocycles. The number of hydrogen-bond acceptors (Lipinski definition) is 1. The lowest BCUT2D eigenvalue weighted by Gasteiger charge is -2.44. The molecule has 1 aliphatic carbocycles. The molecule has 48 heavy (non-hydrogen) atoms. The van der Waals surface area contributed by atoms with E-state index in [2.05, 4.69) is 149 Å². The zero-order valence-electron chi connectivity index (χ0n) is 29.5. The molecule has 0 fully saturated rings. The van der Waals surface area contributed by atoms with E-state index < -0.39 is 0 Å². The molecule has 0 amide bonds. The molecule has 3 aromatic carbocycles. The van der Waals surface area contributed by atoms with E-state index in [0.29, 0.717) is 0 Å². The van der Waals surface area contributed by atoms with E-state index in [1.54, 1.807) is 0 Å². The van der Waals surface area contributed by atoms with Crippen molar-refractivity contribution in [1.29, 1.82) is 0 Å². The summed E-state index contributed by atoms with van der Waals surface area (Å²) >= 11 is 1.99. The summed E-state index contributed by atoms with van der Waals surface area (Å²) < 4.78 is 8.06. The van der Waals surface area contributed by atoms with Crippen LogP contribution >= 0.6 is 11.3 Å². The number of nitrogens with zero attached hydrogens (tertiary/aromatic N) is 2. The molecule has 0 bridgehead atoms. The second kappa shape index (κ2) is 10.2. The van der Waals surface area contributed by atoms with Gasteiger partial charge >= 0.3 is 0 Å². The minimum atomic E-state index is -0.150. The summed E-state index contributed by atoms with van der Waals surface area (Å²) in [6.45, 7) is 16.8. The molecule has 240 valence electrons. The number of hydrogen-bond donors (Lipinski definition) is 0. The maximum Gasteiger partial charge on any atom is 0.232 e. The Hall–Kier alpha value is -4.08. The highest BCUT2D eigenvalue weighted by atomic mass is 32.1. The maximum absolute atomic E-state index is 2.70. The molecule has 3 aromatic heterocycles. The van der Waals surface area contributed by atoms with E-state index in [1.807, 2.05) is 11.3 Å². The standard InChI is InChI=1S/C45H46N2S/c1-8-12-29-16-18-30(19-17-29)33-20-21-35-39-41-37(48-42(33)39)25-28(3)27-47(41)45(7,44(35,6)9-2)23-22-32-26-31-13-10-14-34-38(31)40-36(43(34,4)5)15-11-24-46(32)40/h10-11,13-22,24-25,27H,8-9,12,23,26H2,1-7H3/q+2. The molecule has 2 atom stereocenters. The molecule has 0 spiro atoms. The fourth-order valence-electron chi connectivity index (χ4n) is 9.69. The van der Waals surface area contributed by atoms with Crippen LogP contribution in [0.15, 0.2) is 91.3 Å². The zero-order valence-corrected chi connectivity index (χ0v) is 30.3. The maximum atomic E-state index is 2.70. The monoisotopic (exact) mass is 646 g/mol. The highest BCUT2D eigenvalue weighted by Crippen LogP contribution is 2.54. The Morgan fingerprint density at radius 2 is 1.67 bits per heavy atom. The van der Waals surface area contributed by atoms with Crippen LogP contribution in [-0.4, -0.2) is 0 Å². The van der Waals surface area contributed by atoms with Gasteiger partial charge in [0.05, 0.1) is 22.8 Å². The lowest BCUT2D eigenvalue weighted by atomic mass is 9.61. The fourth-order valence-corrected chi connectivity index (χ4v) is 11.1. The van der Waals surface area contributed by atoms with E-state index in [-0.39, 0.29) is 16.4 Å². The van der Waals surface area contributed by atoms with Gasteiger partial charge in [-0.15, -0.1) is 11.3 Å². The first kappa shape index (κ1) is 30.0. The molecule has 3 heteroatoms. The van der Waals surface area contributed by atoms with Crippen LogP contribution in [0.25, 0.3) is 48.4 Å². The Morgan fingerprint density at radius 1 is 0.875 bits per heavy atom. The van der Waals surface area contributed by atoms with Gasteiger partial charge in [0.1, 0.15) is 4.70 Å². The van der Waals surface area contributed by atoms with Crippen molar-refractivity contribution in [3.8, 4) is 22.4 Å². The number of aromatic nitrogens is 2. The molecular weight excluding hydrogens is 601 g/mol. The van der Waals surface area contributed by atoms with Gasteiger partial charge in [-0.25, -0.2) is 0 Å². The Balaban J connectivity index is 1.23. The topological polar surface area (TPSA) is 7.76 Å². The van der Waals surface area contributed by atoms with Gasteiger partial charge in [-0.3, -0.25) is 0 Å². The largest absolute Gasteiger partial charge is 0.232 e. The average molecular weight is 647 g/mol. The number of rotatable bonds is 6. The first-order valence-electron chi connectivity index (χ1n) is 18.0. The van der Waals surface area contributed by atoms with Crippen molar-refractivity contribution in [2.45, 2.75) is 96.9 Å². The van der Waals surface area contributed by atoms with Crippen LogP contribution in [0, 0.1) is 6.92 Å². The Morgan fingerprint density at radius 3 is 2.44 bits per heavy atom. The van der Waals surface area contributed by atoms with Crippen molar-refractivity contribution in [3.63, 3.8) is 0 Å². The lowest BCUT2D eigenvalue weighted by molar-refractivity contribution is -0.750. The molecular formula is C45H46N2S+2. The highest BCUT2D eigenvalue weighted by Gasteiger charge is 2.57. The van der Waals surface area contributed by atoms with Gasteiger partial charge in [0.25, 0.3) is 0 Å². The summed E-state index contributed by atoms with van der Waals surface area (Å²) in [7, 11) is 0. The minimum Gasteiger partial charge on any atom is -0.190 e. The predicted molar refractivity (Wildman–Crippen MR) is 202 cm³/mol. The van der Waals surface area contributed by atoms with Crippen molar-refractivity contribution >= 4 is 37.3 Å². The van der Waals surface area contributed by atoms with Crippen LogP contribution in [-0.2, 0) is 29.2 Å². The van der Waals surface area contributed by atoms with Gasteiger partial charge in [0.15, 0.2) is 23.6 Å². The predicted octanol–water partition coefficient (Wildman–Crippen LogP) is 10.7. The first-order chi connectivity index (χ1) is 23.1. The summed E-state index contributed by atoms with van der Waals surface area (Å²) in [6.07, 6.45) is 12.7. The molecule has 0 saturated carbocycles. The lowest BCUT2D eigenvalue weighted by Crippen LogP contribution is -2.66. The molecule has 0 radical (unpaired) electrons. The van der Waals surface area contributed by atoms with Crippen LogP contribution < -0.4 is 9.13 Å². The van der Waals surface area contributed by atoms with Crippen LogP contribution in [0.3, 0.4) is 0 Å². The van der Waals surface area contributed by atoms with Crippen LogP contribution in [0.2, 0.25) is 0 Å². The number of benzene rings is 3. The van der Waals surface area contributed by atoms with E-state index in [4.69, 9.17) is 0 Å². The van der Waals surface area contributed by atoms with Gasteiger partial charge < -0.3 is 0 Å². The fraction of sp³-hybridized carbons (Fsp3) is 0.333. The molecule has 6 aromatic rings. The minimum absolute atomic E-state index is 0.0166. The Kier molecular flexibility index (Phi) is 6.39. The molecule has 0 saturated heterocycles. The van der Waals surface area contributed by atoms with E-state index in [1.165, 1.54) is 88.2 Å². The second-order valence-electron chi connectivity index (χ2n) is 15.7. The average Bonchev–Trinajstić information content (AvgIpc) is 3.58. The quantitative estimate of drug-likeness (QED) is 0.159. The number of thiophene rings is 1. The normalized spacial score (nSPS) is 22.3. The van der Waals surface area contributed by atoms with Gasteiger partial charge in [0, 0.05) is 40.7 Å². The third-order valence-electron chi connectivity index (χ3n) is 12.7. The number of allylic oxidation sites excluding steroid dienone is 2. The molecule has 2 unspecified atom stereocenters. The van der Waals surface area contributed by atoms with E-state index in [9.17, 15) is 0 Å². The summed E-state index contributed by atoms with van der Waals surface area (Å²) in [5, 5.41) is 1.47. The van der Waals surface area contributed by atoms with Crippen LogP contribution in [0.4, 0.5) is 0 Å². The van der Waals surface area contributed by atoms with Gasteiger partial charge in [0.2, 0.25) is 11.2 Å². The van der Waals surface area contributed by atoms with Gasteiger partial charge in [-0.1, -0.05) is 88.7 Å². The molecule has 0 N–H and O–H groups in total. The molecule has 3 aliphatic rings. The Bertz CT molecular complexity index is 2350. The SMILES string of the molecule is CCCc1ccc(-c2ccc3c4c2sc2cc(C)c[n+](c24)C(C)(CC=C2Cc4cccc5c4-c4c(ccc[n+]42)C5(C)C)C3(C)CC)cc1. The third kappa shape index (κ3) is 3.80. The van der Waals surface area contributed by atoms with Crippen molar-refractivity contribution in [1.82, 2.24) is 0 Å². The van der Waals surface area contributed by atoms with Crippen molar-refractivity contribution in [2.24, 2.45) is 0 Å². The van der Waals surface area contributed by atoms with Gasteiger partial charge in [-0.05, 0) is 78.3 Å². The molecule has 2 nitrogen and oxygen atoms in total. The zero-order chi connectivity index (χ0) is 33.2. The summed E-state index contributed by atoms with van der Waals surface area (Å²) in [4.78, 5) is 0. The van der Waals surface area contributed by atoms with Crippen molar-refractivity contribution in [2.75, 3.05) is 0 Å². The van der Waals surface area contributed by atoms with Crippen molar-refractivity contribution in [3.05, 3.63) is 125 Å². The number of aryl methyl sites for hydroxylation is 2. The highest BCUT2D eigenvalue weighted by molar-refractivity contribution is 7.26. The van der Waals surface area contributed by atoms with Crippen LogP contribution in [0.1, 0.15) is 94.2 Å². The van der Waals surface area contributed by atoms with Gasteiger partial charge in [-0.2, -0.15) is 9.13 Å². The molecule has 2 aliphatic heterocycles. The third-order valence-corrected chi connectivity index (χ3v) is 13.9. The summed E-state index contributed by atoms with van der Waals surface area (Å²) in [5.74, 6) is 0. The smallest absolute Gasteiger partial charge is 0.190 e.